The fourth-order valence-corrected chi connectivity index (χ4v) is 4.77. The third-order valence-electron chi connectivity index (χ3n) is 6.42. The number of aromatic nitrogens is 2. The van der Waals surface area contributed by atoms with E-state index < -0.39 is 5.60 Å². The molecule has 1 N–H and O–H groups in total. The number of piperidine rings is 1. The number of hydrogen-bond acceptors (Lipinski definition) is 4. The van der Waals surface area contributed by atoms with E-state index in [0.29, 0.717) is 5.56 Å². The number of nitrogens with zero attached hydrogens (tertiary/aromatic N) is 2. The first-order chi connectivity index (χ1) is 14.7. The van der Waals surface area contributed by atoms with Gasteiger partial charge in [0.2, 0.25) is 5.95 Å². The van der Waals surface area contributed by atoms with Crippen molar-refractivity contribution in [3.63, 3.8) is 0 Å². The van der Waals surface area contributed by atoms with E-state index in [0.717, 1.165) is 48.7 Å². The number of imidazole rings is 1. The molecule has 1 aromatic heterocycles. The number of anilines is 1. The molecule has 0 atom stereocenters. The predicted molar refractivity (Wildman–Crippen MR) is 124 cm³/mol. The zero-order chi connectivity index (χ0) is 20.1. The summed E-state index contributed by atoms with van der Waals surface area (Å²) in [6.07, 6.45) is 3.43. The Bertz CT molecular complexity index is 1270. The summed E-state index contributed by atoms with van der Waals surface area (Å²) in [5.74, 6) is 0.668. The number of rotatable bonds is 2. The lowest BCUT2D eigenvalue weighted by molar-refractivity contribution is -0.0211. The zero-order valence-corrected chi connectivity index (χ0v) is 17.7. The Morgan fingerprint density at radius 3 is 2.52 bits per heavy atom. The molecule has 6 heteroatoms. The van der Waals surface area contributed by atoms with Gasteiger partial charge in [-0.1, -0.05) is 54.6 Å². The molecule has 0 amide bonds. The maximum atomic E-state index is 12.3. The number of hydrogen-bond donors (Lipinski definition) is 1. The van der Waals surface area contributed by atoms with Gasteiger partial charge in [-0.3, -0.25) is 0 Å². The SMILES string of the molecule is Cl.O=C1OC2(CCN(c3ncc(-c4ccc5ccccc5c4)[nH]3)CC2)c2ccccc21. The Balaban J connectivity index is 0.00000204. The number of carbonyl (C=O) groups is 1. The van der Waals surface area contributed by atoms with Crippen LogP contribution in [0.3, 0.4) is 0 Å². The highest BCUT2D eigenvalue weighted by atomic mass is 35.5. The molecule has 3 heterocycles. The van der Waals surface area contributed by atoms with Crippen LogP contribution in [0, 0.1) is 0 Å². The molecule has 0 unspecified atom stereocenters. The Hall–Kier alpha value is -3.31. The number of aromatic amines is 1. The Kier molecular flexibility index (Phi) is 4.71. The third-order valence-corrected chi connectivity index (χ3v) is 6.42. The van der Waals surface area contributed by atoms with Gasteiger partial charge in [0.1, 0.15) is 5.60 Å². The van der Waals surface area contributed by atoms with Gasteiger partial charge < -0.3 is 14.6 Å². The summed E-state index contributed by atoms with van der Waals surface area (Å²) in [6.45, 7) is 1.57. The van der Waals surface area contributed by atoms with Gasteiger partial charge in [0.05, 0.1) is 17.5 Å². The third kappa shape index (κ3) is 3.17. The highest BCUT2D eigenvalue weighted by Gasteiger charge is 2.47. The molecule has 1 saturated heterocycles. The number of carbonyl (C=O) groups excluding carboxylic acids is 1. The number of halogens is 1. The lowest BCUT2D eigenvalue weighted by Gasteiger charge is -2.38. The molecule has 2 aliphatic heterocycles. The Morgan fingerprint density at radius 1 is 0.935 bits per heavy atom. The second-order valence-electron chi connectivity index (χ2n) is 8.10. The standard InChI is InChI=1S/C25H21N3O2.ClH/c29-23-20-7-3-4-8-21(20)25(30-23)11-13-28(14-12-25)24-26-16-22(27-24)19-10-9-17-5-1-2-6-18(17)15-19;/h1-10,15-16H,11-14H2,(H,26,27);1H. The maximum absolute atomic E-state index is 12.3. The monoisotopic (exact) mass is 431 g/mol. The largest absolute Gasteiger partial charge is 0.450 e. The highest BCUT2D eigenvalue weighted by Crippen LogP contribution is 2.44. The number of nitrogens with one attached hydrogen (secondary N) is 1. The van der Waals surface area contributed by atoms with Crippen molar-refractivity contribution in [1.29, 1.82) is 0 Å². The van der Waals surface area contributed by atoms with E-state index in [2.05, 4.69) is 57.3 Å². The normalized spacial score (nSPS) is 16.8. The molecule has 0 aliphatic carbocycles. The molecule has 4 aromatic rings. The second kappa shape index (κ2) is 7.43. The number of H-pyrrole nitrogens is 1. The van der Waals surface area contributed by atoms with Crippen LogP contribution in [0.5, 0.6) is 0 Å². The number of ether oxygens (including phenoxy) is 1. The first-order valence-corrected chi connectivity index (χ1v) is 10.3. The summed E-state index contributed by atoms with van der Waals surface area (Å²) in [5.41, 5.74) is 3.39. The van der Waals surface area contributed by atoms with Crippen LogP contribution in [-0.2, 0) is 10.3 Å². The average Bonchev–Trinajstić information content (AvgIpc) is 3.39. The fourth-order valence-electron chi connectivity index (χ4n) is 4.77. The van der Waals surface area contributed by atoms with Crippen molar-refractivity contribution in [2.45, 2.75) is 18.4 Å². The Labute approximate surface area is 186 Å². The molecule has 2 aliphatic rings. The molecule has 0 saturated carbocycles. The van der Waals surface area contributed by atoms with Crippen molar-refractivity contribution in [1.82, 2.24) is 9.97 Å². The first-order valence-electron chi connectivity index (χ1n) is 10.3. The lowest BCUT2D eigenvalue weighted by atomic mass is 9.84. The van der Waals surface area contributed by atoms with Crippen LogP contribution < -0.4 is 4.90 Å². The fraction of sp³-hybridized carbons (Fsp3) is 0.200. The van der Waals surface area contributed by atoms with Crippen LogP contribution in [0.1, 0.15) is 28.8 Å². The van der Waals surface area contributed by atoms with Crippen molar-refractivity contribution >= 4 is 35.1 Å². The van der Waals surface area contributed by atoms with E-state index >= 15 is 0 Å². The summed E-state index contributed by atoms with van der Waals surface area (Å²) in [7, 11) is 0. The van der Waals surface area contributed by atoms with Crippen LogP contribution in [0.2, 0.25) is 0 Å². The van der Waals surface area contributed by atoms with E-state index in [1.807, 2.05) is 30.5 Å². The smallest absolute Gasteiger partial charge is 0.339 e. The van der Waals surface area contributed by atoms with Gasteiger partial charge in [-0.2, -0.15) is 0 Å². The topological polar surface area (TPSA) is 58.2 Å². The summed E-state index contributed by atoms with van der Waals surface area (Å²) in [6, 6.07) is 22.6. The first kappa shape index (κ1) is 19.6. The number of esters is 1. The average molecular weight is 432 g/mol. The van der Waals surface area contributed by atoms with Crippen LogP contribution in [0.25, 0.3) is 22.0 Å². The molecule has 0 bridgehead atoms. The molecule has 156 valence electrons. The highest BCUT2D eigenvalue weighted by molar-refractivity contribution is 5.94. The van der Waals surface area contributed by atoms with Crippen molar-refractivity contribution < 1.29 is 9.53 Å². The lowest BCUT2D eigenvalue weighted by Crippen LogP contribution is -2.43. The number of benzene rings is 3. The minimum Gasteiger partial charge on any atom is -0.450 e. The molecule has 5 nitrogen and oxygen atoms in total. The van der Waals surface area contributed by atoms with Crippen LogP contribution in [0.15, 0.2) is 72.9 Å². The van der Waals surface area contributed by atoms with Gasteiger partial charge in [-0.25, -0.2) is 9.78 Å². The van der Waals surface area contributed by atoms with E-state index in [1.54, 1.807) is 0 Å². The molecule has 1 fully saturated rings. The van der Waals surface area contributed by atoms with Crippen molar-refractivity contribution in [3.05, 3.63) is 84.1 Å². The molecule has 31 heavy (non-hydrogen) atoms. The van der Waals surface area contributed by atoms with Crippen molar-refractivity contribution in [3.8, 4) is 11.3 Å². The summed E-state index contributed by atoms with van der Waals surface area (Å²) < 4.78 is 5.86. The summed E-state index contributed by atoms with van der Waals surface area (Å²) in [4.78, 5) is 22.6. The summed E-state index contributed by atoms with van der Waals surface area (Å²) >= 11 is 0. The van der Waals surface area contributed by atoms with Gasteiger partial charge in [0, 0.05) is 37.1 Å². The van der Waals surface area contributed by atoms with Gasteiger partial charge in [0.15, 0.2) is 0 Å². The minimum atomic E-state index is -0.488. The molecule has 6 rings (SSSR count). The van der Waals surface area contributed by atoms with Gasteiger partial charge in [0.25, 0.3) is 0 Å². The van der Waals surface area contributed by atoms with Crippen LogP contribution in [-0.4, -0.2) is 29.0 Å². The van der Waals surface area contributed by atoms with Gasteiger partial charge in [-0.05, 0) is 22.9 Å². The minimum absolute atomic E-state index is 0. The molecular formula is C25H22ClN3O2. The van der Waals surface area contributed by atoms with E-state index in [-0.39, 0.29) is 18.4 Å². The molecule has 0 radical (unpaired) electrons. The van der Waals surface area contributed by atoms with E-state index in [1.165, 1.54) is 10.8 Å². The summed E-state index contributed by atoms with van der Waals surface area (Å²) in [5, 5.41) is 2.45. The molecule has 1 spiro atoms. The van der Waals surface area contributed by atoms with E-state index in [4.69, 9.17) is 4.74 Å². The van der Waals surface area contributed by atoms with E-state index in [9.17, 15) is 4.79 Å². The Morgan fingerprint density at radius 2 is 1.68 bits per heavy atom. The number of fused-ring (bicyclic) bond motifs is 3. The van der Waals surface area contributed by atoms with Gasteiger partial charge in [-0.15, -0.1) is 12.4 Å². The van der Waals surface area contributed by atoms with Crippen molar-refractivity contribution in [2.75, 3.05) is 18.0 Å². The zero-order valence-electron chi connectivity index (χ0n) is 16.9. The molecular weight excluding hydrogens is 410 g/mol. The maximum Gasteiger partial charge on any atom is 0.339 e. The van der Waals surface area contributed by atoms with Crippen LogP contribution >= 0.6 is 12.4 Å². The second-order valence-corrected chi connectivity index (χ2v) is 8.10. The van der Waals surface area contributed by atoms with Crippen molar-refractivity contribution in [2.24, 2.45) is 0 Å². The van der Waals surface area contributed by atoms with Gasteiger partial charge >= 0.3 is 5.97 Å². The van der Waals surface area contributed by atoms with Crippen LogP contribution in [0.4, 0.5) is 5.95 Å². The predicted octanol–water partition coefficient (Wildman–Crippen LogP) is 5.32. The quantitative estimate of drug-likeness (QED) is 0.436. The molecule has 3 aromatic carbocycles.